The van der Waals surface area contributed by atoms with Crippen LogP contribution < -0.4 is 5.32 Å². The van der Waals surface area contributed by atoms with Crippen LogP contribution in [0.3, 0.4) is 0 Å². The van der Waals surface area contributed by atoms with Gasteiger partial charge in [0, 0.05) is 19.5 Å². The van der Waals surface area contributed by atoms with Crippen LogP contribution in [0.1, 0.15) is 39.3 Å². The minimum Gasteiger partial charge on any atom is -0.459 e. The monoisotopic (exact) mass is 370 g/mol. The van der Waals surface area contributed by atoms with Gasteiger partial charge in [0.15, 0.2) is 12.4 Å². The van der Waals surface area contributed by atoms with E-state index in [9.17, 15) is 19.2 Å². The molecule has 0 spiro atoms. The van der Waals surface area contributed by atoms with Crippen molar-refractivity contribution in [3.05, 3.63) is 59.5 Å². The summed E-state index contributed by atoms with van der Waals surface area (Å²) in [5.74, 6) is -2.08. The van der Waals surface area contributed by atoms with E-state index in [2.05, 4.69) is 5.32 Å². The smallest absolute Gasteiger partial charge is 0.338 e. The summed E-state index contributed by atoms with van der Waals surface area (Å²) in [7, 11) is 0. The molecule has 3 rings (SSSR count). The number of nitrogens with zero attached hydrogens (tertiary/aromatic N) is 1. The molecule has 0 aliphatic carbocycles. The van der Waals surface area contributed by atoms with Crippen LogP contribution in [-0.4, -0.2) is 41.7 Å². The first-order valence-corrected chi connectivity index (χ1v) is 8.44. The van der Waals surface area contributed by atoms with E-state index in [0.717, 1.165) is 12.0 Å². The lowest BCUT2D eigenvalue weighted by molar-refractivity contribution is -0.128. The number of ether oxygens (including phenoxy) is 1. The van der Waals surface area contributed by atoms with Gasteiger partial charge in [0.1, 0.15) is 0 Å². The summed E-state index contributed by atoms with van der Waals surface area (Å²) in [6.07, 6.45) is 2.70. The largest absolute Gasteiger partial charge is 0.459 e. The van der Waals surface area contributed by atoms with Crippen molar-refractivity contribution < 1.29 is 28.3 Å². The molecule has 0 radical (unpaired) electrons. The van der Waals surface area contributed by atoms with Crippen LogP contribution in [0.15, 0.2) is 47.1 Å². The number of carbonyl (C=O) groups is 4. The minimum atomic E-state index is -0.761. The molecule has 1 aliphatic heterocycles. The molecule has 0 atom stereocenters. The van der Waals surface area contributed by atoms with Crippen molar-refractivity contribution in [2.24, 2.45) is 0 Å². The minimum absolute atomic E-state index is 0.0150. The van der Waals surface area contributed by atoms with E-state index in [1.54, 1.807) is 23.1 Å². The van der Waals surface area contributed by atoms with Gasteiger partial charge in [-0.2, -0.15) is 0 Å². The fourth-order valence-corrected chi connectivity index (χ4v) is 2.73. The Morgan fingerprint density at radius 1 is 1.19 bits per heavy atom. The van der Waals surface area contributed by atoms with Crippen molar-refractivity contribution in [1.29, 1.82) is 0 Å². The second-order valence-corrected chi connectivity index (χ2v) is 6.05. The second kappa shape index (κ2) is 8.31. The molecule has 1 fully saturated rings. The molecule has 2 aromatic rings. The number of nitrogens with one attached hydrogen (secondary N) is 1. The molecule has 27 heavy (non-hydrogen) atoms. The third kappa shape index (κ3) is 4.81. The number of furan rings is 1. The zero-order valence-electron chi connectivity index (χ0n) is 14.5. The zero-order valence-corrected chi connectivity index (χ0v) is 14.5. The molecular formula is C19H18N2O6. The first-order valence-electron chi connectivity index (χ1n) is 8.44. The van der Waals surface area contributed by atoms with Crippen molar-refractivity contribution in [3.63, 3.8) is 0 Å². The van der Waals surface area contributed by atoms with Crippen LogP contribution in [0, 0.1) is 0 Å². The highest BCUT2D eigenvalue weighted by atomic mass is 16.5. The quantitative estimate of drug-likeness (QED) is 0.773. The molecule has 0 bridgehead atoms. The fraction of sp³-hybridized carbons (Fsp3) is 0.263. The molecular weight excluding hydrogens is 352 g/mol. The van der Waals surface area contributed by atoms with E-state index in [1.165, 1.54) is 18.4 Å². The van der Waals surface area contributed by atoms with Gasteiger partial charge in [-0.3, -0.25) is 19.7 Å². The van der Waals surface area contributed by atoms with Crippen LogP contribution in [-0.2, 0) is 20.9 Å². The average molecular weight is 370 g/mol. The molecule has 1 N–H and O–H groups in total. The van der Waals surface area contributed by atoms with Crippen molar-refractivity contribution in [2.45, 2.75) is 19.4 Å². The maximum atomic E-state index is 12.1. The predicted molar refractivity (Wildman–Crippen MR) is 92.6 cm³/mol. The number of rotatable bonds is 6. The molecule has 3 amide bonds. The summed E-state index contributed by atoms with van der Waals surface area (Å²) in [6, 6.07) is 9.61. The Morgan fingerprint density at radius 3 is 2.74 bits per heavy atom. The van der Waals surface area contributed by atoms with Crippen LogP contribution in [0.4, 0.5) is 0 Å². The van der Waals surface area contributed by atoms with Crippen LogP contribution >= 0.6 is 0 Å². The summed E-state index contributed by atoms with van der Waals surface area (Å²) in [4.78, 5) is 49.0. The van der Waals surface area contributed by atoms with E-state index in [4.69, 9.17) is 9.15 Å². The first-order chi connectivity index (χ1) is 13.0. The number of esters is 1. The highest BCUT2D eigenvalue weighted by molar-refractivity contribution is 6.04. The number of hydrogen-bond acceptors (Lipinski definition) is 6. The van der Waals surface area contributed by atoms with Crippen molar-refractivity contribution in [1.82, 2.24) is 10.2 Å². The molecule has 0 saturated carbocycles. The van der Waals surface area contributed by atoms with Gasteiger partial charge in [0.25, 0.3) is 11.8 Å². The molecule has 1 aliphatic rings. The van der Waals surface area contributed by atoms with Gasteiger partial charge in [-0.25, -0.2) is 4.79 Å². The van der Waals surface area contributed by atoms with Gasteiger partial charge < -0.3 is 14.1 Å². The lowest BCUT2D eigenvalue weighted by Crippen LogP contribution is -2.34. The molecule has 8 nitrogen and oxygen atoms in total. The Morgan fingerprint density at radius 2 is 2.04 bits per heavy atom. The van der Waals surface area contributed by atoms with Gasteiger partial charge in [-0.05, 0) is 36.2 Å². The van der Waals surface area contributed by atoms with E-state index >= 15 is 0 Å². The maximum Gasteiger partial charge on any atom is 0.338 e. The van der Waals surface area contributed by atoms with Gasteiger partial charge in [0.2, 0.25) is 5.91 Å². The van der Waals surface area contributed by atoms with Gasteiger partial charge in [-0.15, -0.1) is 0 Å². The van der Waals surface area contributed by atoms with E-state index < -0.39 is 24.4 Å². The molecule has 2 heterocycles. The first kappa shape index (κ1) is 18.4. The summed E-state index contributed by atoms with van der Waals surface area (Å²) in [5, 5.41) is 2.06. The van der Waals surface area contributed by atoms with Crippen molar-refractivity contribution >= 4 is 23.7 Å². The third-order valence-corrected chi connectivity index (χ3v) is 4.04. The standard InChI is InChI=1S/C19H18N2O6/c22-16(20-18(24)15-6-3-9-26-15)12-27-19(25)14-5-1-4-13(10-14)11-21-8-2-7-17(21)23/h1,3-6,9-10H,2,7-8,11-12H2,(H,20,22,24). The maximum absolute atomic E-state index is 12.1. The topological polar surface area (TPSA) is 106 Å². The van der Waals surface area contributed by atoms with Crippen molar-refractivity contribution in [2.75, 3.05) is 13.2 Å². The van der Waals surface area contributed by atoms with E-state index in [-0.39, 0.29) is 17.2 Å². The Bertz CT molecular complexity index is 859. The Labute approximate surface area is 155 Å². The highest BCUT2D eigenvalue weighted by Gasteiger charge is 2.20. The molecule has 8 heteroatoms. The number of hydrogen-bond donors (Lipinski definition) is 1. The Kier molecular flexibility index (Phi) is 5.65. The van der Waals surface area contributed by atoms with Gasteiger partial charge >= 0.3 is 5.97 Å². The summed E-state index contributed by atoms with van der Waals surface area (Å²) in [6.45, 7) is 0.537. The normalized spacial score (nSPS) is 13.5. The zero-order chi connectivity index (χ0) is 19.2. The van der Waals surface area contributed by atoms with Crippen LogP contribution in [0.25, 0.3) is 0 Å². The average Bonchev–Trinajstić information content (AvgIpc) is 3.32. The van der Waals surface area contributed by atoms with Gasteiger partial charge in [-0.1, -0.05) is 12.1 Å². The number of likely N-dealkylation sites (tertiary alicyclic amines) is 1. The number of carbonyl (C=O) groups excluding carboxylic acids is 4. The van der Waals surface area contributed by atoms with Gasteiger partial charge in [0.05, 0.1) is 11.8 Å². The SMILES string of the molecule is O=C(COC(=O)c1cccc(CN2CCCC2=O)c1)NC(=O)c1ccco1. The Hall–Kier alpha value is -3.42. The summed E-state index contributed by atoms with van der Waals surface area (Å²) >= 11 is 0. The second-order valence-electron chi connectivity index (χ2n) is 6.05. The lowest BCUT2D eigenvalue weighted by atomic mass is 10.1. The molecule has 0 unspecified atom stereocenters. The fourth-order valence-electron chi connectivity index (χ4n) is 2.73. The lowest BCUT2D eigenvalue weighted by Gasteiger charge is -2.15. The summed E-state index contributed by atoms with van der Waals surface area (Å²) < 4.78 is 9.81. The van der Waals surface area contributed by atoms with Crippen LogP contribution in [0.5, 0.6) is 0 Å². The van der Waals surface area contributed by atoms with E-state index in [0.29, 0.717) is 19.5 Å². The number of amides is 3. The van der Waals surface area contributed by atoms with Crippen LogP contribution in [0.2, 0.25) is 0 Å². The Balaban J connectivity index is 1.51. The predicted octanol–water partition coefficient (Wildman–Crippen LogP) is 1.52. The number of imide groups is 1. The third-order valence-electron chi connectivity index (χ3n) is 4.04. The number of benzene rings is 1. The molecule has 140 valence electrons. The highest BCUT2D eigenvalue weighted by Crippen LogP contribution is 2.15. The van der Waals surface area contributed by atoms with Crippen molar-refractivity contribution in [3.8, 4) is 0 Å². The summed E-state index contributed by atoms with van der Waals surface area (Å²) in [5.41, 5.74) is 1.07. The van der Waals surface area contributed by atoms with E-state index in [1.807, 2.05) is 6.07 Å². The molecule has 1 aromatic heterocycles. The molecule has 1 saturated heterocycles. The molecule has 1 aromatic carbocycles.